The quantitative estimate of drug-likeness (QED) is 0.0869. The van der Waals surface area contributed by atoms with E-state index < -0.39 is 0 Å². The van der Waals surface area contributed by atoms with Crippen LogP contribution in [0, 0.1) is 0 Å². The number of phenolic OH excluding ortho intramolecular Hbond substituents is 3. The molecule has 4 heterocycles. The van der Waals surface area contributed by atoms with Gasteiger partial charge in [-0.1, -0.05) is 109 Å². The van der Waals surface area contributed by atoms with Gasteiger partial charge in [-0.25, -0.2) is 0 Å². The highest BCUT2D eigenvalue weighted by molar-refractivity contribution is 5.77. The van der Waals surface area contributed by atoms with Crippen molar-refractivity contribution in [3.8, 4) is 69.6 Å². The molecule has 0 aliphatic heterocycles. The predicted molar refractivity (Wildman–Crippen MR) is 289 cm³/mol. The number of hydrogen-bond acceptors (Lipinski definition) is 15. The van der Waals surface area contributed by atoms with Gasteiger partial charge >= 0.3 is 18.0 Å². The Bertz CT molecular complexity index is 3890. The van der Waals surface area contributed by atoms with Gasteiger partial charge in [0, 0.05) is 18.2 Å². The molecule has 378 valence electrons. The van der Waals surface area contributed by atoms with Crippen LogP contribution in [0.5, 0.6) is 52.5 Å². The van der Waals surface area contributed by atoms with Gasteiger partial charge in [0.25, 0.3) is 0 Å². The number of hydrogen-bond donors (Lipinski definition) is 3. The topological polar surface area (TPSA) is 219 Å². The Kier molecular flexibility index (Phi) is 12.0. The number of nitrogens with zero attached hydrogens (tertiary/aromatic N) is 12. The van der Waals surface area contributed by atoms with Crippen molar-refractivity contribution in [2.24, 2.45) is 0 Å². The van der Waals surface area contributed by atoms with Crippen molar-refractivity contribution in [3.63, 3.8) is 0 Å². The van der Waals surface area contributed by atoms with E-state index in [1.807, 2.05) is 109 Å². The largest absolute Gasteiger partial charge is 0.505 e. The molecule has 0 radical (unpaired) electrons. The Hall–Kier alpha value is -11.0. The van der Waals surface area contributed by atoms with E-state index in [2.05, 4.69) is 81.9 Å². The molecule has 9 aromatic carbocycles. The summed E-state index contributed by atoms with van der Waals surface area (Å²) in [7, 11) is 0. The van der Waals surface area contributed by atoms with Crippen molar-refractivity contribution in [1.82, 2.24) is 59.9 Å². The minimum absolute atomic E-state index is 0.141. The van der Waals surface area contributed by atoms with Crippen LogP contribution >= 0.6 is 0 Å². The predicted octanol–water partition coefficient (Wildman–Crippen LogP) is 11.3. The molecule has 18 nitrogen and oxygen atoms in total. The third-order valence-corrected chi connectivity index (χ3v) is 12.8. The van der Waals surface area contributed by atoms with E-state index in [0.717, 1.165) is 36.0 Å². The van der Waals surface area contributed by atoms with Crippen LogP contribution in [0.1, 0.15) is 33.4 Å². The fourth-order valence-electron chi connectivity index (χ4n) is 9.01. The lowest BCUT2D eigenvalue weighted by atomic mass is 10.0. The molecule has 0 fully saturated rings. The van der Waals surface area contributed by atoms with Gasteiger partial charge < -0.3 is 29.5 Å². The summed E-state index contributed by atoms with van der Waals surface area (Å²) >= 11 is 0. The van der Waals surface area contributed by atoms with Crippen molar-refractivity contribution < 1.29 is 29.5 Å². The van der Waals surface area contributed by atoms with Crippen LogP contribution in [0.3, 0.4) is 0 Å². The number of benzene rings is 9. The summed E-state index contributed by atoms with van der Waals surface area (Å²) in [6, 6.07) is 61.0. The van der Waals surface area contributed by atoms with Crippen LogP contribution in [0.2, 0.25) is 0 Å². The highest BCUT2D eigenvalue weighted by atomic mass is 16.5. The molecule has 0 bridgehead atoms. The smallest absolute Gasteiger partial charge is 0.331 e. The average molecular weight is 1030 g/mol. The Morgan fingerprint density at radius 1 is 0.282 bits per heavy atom. The molecule has 0 saturated carbocycles. The molecule has 0 saturated heterocycles. The summed E-state index contributed by atoms with van der Waals surface area (Å²) in [6.07, 6.45) is 2.20. The van der Waals surface area contributed by atoms with E-state index in [0.29, 0.717) is 50.2 Å². The Balaban J connectivity index is 0.771. The first kappa shape index (κ1) is 46.8. The molecule has 78 heavy (non-hydrogen) atoms. The maximum Gasteiger partial charge on any atom is 0.331 e. The molecule has 0 unspecified atom stereocenters. The van der Waals surface area contributed by atoms with Gasteiger partial charge in [-0.15, -0.1) is 59.9 Å². The highest BCUT2D eigenvalue weighted by Crippen LogP contribution is 2.35. The van der Waals surface area contributed by atoms with Crippen LogP contribution in [0.15, 0.2) is 200 Å². The van der Waals surface area contributed by atoms with E-state index in [9.17, 15) is 15.3 Å². The number of rotatable bonds is 15. The van der Waals surface area contributed by atoms with E-state index >= 15 is 0 Å². The number of aromatic hydroxyl groups is 3. The maximum absolute atomic E-state index is 11.3. The Labute approximate surface area is 443 Å². The zero-order valence-electron chi connectivity index (χ0n) is 41.1. The molecule has 18 heteroatoms. The second-order valence-electron chi connectivity index (χ2n) is 18.4. The third-order valence-electron chi connectivity index (χ3n) is 12.8. The van der Waals surface area contributed by atoms with Crippen LogP contribution < -0.4 is 14.2 Å². The van der Waals surface area contributed by atoms with Crippen LogP contribution in [0.4, 0.5) is 0 Å². The molecule has 13 aromatic rings. The minimum Gasteiger partial charge on any atom is -0.505 e. The lowest BCUT2D eigenvalue weighted by molar-refractivity contribution is 0.359. The summed E-state index contributed by atoms with van der Waals surface area (Å²) in [5.41, 5.74) is 11.6. The second-order valence-corrected chi connectivity index (χ2v) is 18.4. The minimum atomic E-state index is -0.282. The molecular weight excluding hydrogens is 985 g/mol. The van der Waals surface area contributed by atoms with E-state index in [-0.39, 0.29) is 52.5 Å². The Morgan fingerprint density at radius 3 is 0.846 bits per heavy atom. The fourth-order valence-corrected chi connectivity index (χ4v) is 9.01. The molecule has 0 aliphatic rings. The standard InChI is InChI=1S/C60H42N12O6/c73-55-34-43(19-25-52(55)70-64-46-22-16-40(31-49(46)67-70)28-37-10-4-1-5-11-37)76-58-61-59(77-44-20-26-53(56(74)35-44)71-65-47-23-17-41(32-50(47)68-71)29-38-12-6-2-7-13-38)63-60(62-58)78-45-21-27-54(57(75)36-45)72-66-48-24-18-42(33-51(48)69-72)30-39-14-8-3-9-15-39/h1-27,31-36,73-75H,28-30H2. The molecule has 0 atom stereocenters. The molecular formula is C60H42N12O6. The second kappa shape index (κ2) is 20.0. The number of ether oxygens (including phenoxy) is 3. The first-order valence-electron chi connectivity index (χ1n) is 24.7. The van der Waals surface area contributed by atoms with Crippen molar-refractivity contribution in [2.75, 3.05) is 0 Å². The van der Waals surface area contributed by atoms with Crippen LogP contribution in [-0.2, 0) is 19.3 Å². The summed E-state index contributed by atoms with van der Waals surface area (Å²) in [5.74, 6) is -0.145. The van der Waals surface area contributed by atoms with E-state index in [4.69, 9.17) is 14.2 Å². The van der Waals surface area contributed by atoms with Crippen molar-refractivity contribution in [2.45, 2.75) is 19.3 Å². The number of aromatic nitrogens is 12. The zero-order chi connectivity index (χ0) is 52.5. The van der Waals surface area contributed by atoms with Crippen LogP contribution in [-0.4, -0.2) is 75.3 Å². The first-order chi connectivity index (χ1) is 38.2. The highest BCUT2D eigenvalue weighted by Gasteiger charge is 2.19. The summed E-state index contributed by atoms with van der Waals surface area (Å²) < 4.78 is 18.3. The van der Waals surface area contributed by atoms with Gasteiger partial charge in [0.05, 0.1) is 0 Å². The van der Waals surface area contributed by atoms with Gasteiger partial charge in [-0.3, -0.25) is 0 Å². The van der Waals surface area contributed by atoms with Crippen molar-refractivity contribution >= 4 is 33.1 Å². The van der Waals surface area contributed by atoms with Crippen molar-refractivity contribution in [1.29, 1.82) is 0 Å². The summed E-state index contributed by atoms with van der Waals surface area (Å²) in [4.78, 5) is 17.3. The van der Waals surface area contributed by atoms with E-state index in [1.165, 1.54) is 49.3 Å². The molecule has 13 rings (SSSR count). The van der Waals surface area contributed by atoms with Gasteiger partial charge in [0.15, 0.2) is 0 Å². The van der Waals surface area contributed by atoms with Gasteiger partial charge in [-0.2, -0.15) is 0 Å². The summed E-state index contributed by atoms with van der Waals surface area (Å²) in [5, 5.41) is 61.8. The SMILES string of the molecule is Oc1cc(Oc2nc(Oc3ccc(-n4nc5ccc(Cc6ccccc6)cc5n4)c(O)c3)nc(Oc3ccc(-n4nc5ccc(Cc6ccccc6)cc5n4)c(O)c3)n2)ccc1-n1nc2ccc(Cc3ccccc3)cc2n1. The monoisotopic (exact) mass is 1030 g/mol. The molecule has 4 aromatic heterocycles. The lowest BCUT2D eigenvalue weighted by Crippen LogP contribution is -2.03. The van der Waals surface area contributed by atoms with Gasteiger partial charge in [-0.05, 0) is 125 Å². The molecule has 0 aliphatic carbocycles. The van der Waals surface area contributed by atoms with Gasteiger partial charge in [0.2, 0.25) is 0 Å². The molecule has 0 spiro atoms. The van der Waals surface area contributed by atoms with Crippen LogP contribution in [0.25, 0.3) is 50.2 Å². The Morgan fingerprint density at radius 2 is 0.564 bits per heavy atom. The number of phenols is 3. The normalized spacial score (nSPS) is 11.4. The first-order valence-corrected chi connectivity index (χ1v) is 24.7. The zero-order valence-corrected chi connectivity index (χ0v) is 41.1. The molecule has 3 N–H and O–H groups in total. The third kappa shape index (κ3) is 10.0. The maximum atomic E-state index is 11.3. The molecule has 0 amide bonds. The summed E-state index contributed by atoms with van der Waals surface area (Å²) in [6.45, 7) is 0. The van der Waals surface area contributed by atoms with Gasteiger partial charge in [0.1, 0.15) is 84.7 Å². The van der Waals surface area contributed by atoms with E-state index in [1.54, 1.807) is 36.4 Å². The average Bonchev–Trinajstić information content (AvgIpc) is 4.23. The number of fused-ring (bicyclic) bond motifs is 3. The van der Waals surface area contributed by atoms with Crippen molar-refractivity contribution in [3.05, 3.63) is 234 Å². The fraction of sp³-hybridized carbons (Fsp3) is 0.0500. The lowest BCUT2D eigenvalue weighted by Gasteiger charge is -2.11.